The van der Waals surface area contributed by atoms with Crippen LogP contribution >= 0.6 is 24.0 Å². The van der Waals surface area contributed by atoms with E-state index in [1.807, 2.05) is 30.5 Å². The Morgan fingerprint density at radius 2 is 1.97 bits per heavy atom. The van der Waals surface area contributed by atoms with Gasteiger partial charge in [0.05, 0.1) is 13.7 Å². The normalized spacial score (nSPS) is 13.7. The molecule has 0 amide bonds. The highest BCUT2D eigenvalue weighted by molar-refractivity contribution is 14.0. The van der Waals surface area contributed by atoms with Gasteiger partial charge in [0.1, 0.15) is 11.6 Å². The Balaban J connectivity index is 0.00000300. The number of guanidine groups is 1. The number of aromatic nitrogens is 1. The molecule has 29 heavy (non-hydrogen) atoms. The van der Waals surface area contributed by atoms with Crippen LogP contribution in [0.3, 0.4) is 0 Å². The Morgan fingerprint density at radius 1 is 1.17 bits per heavy atom. The smallest absolute Gasteiger partial charge is 0.191 e. The van der Waals surface area contributed by atoms with Crippen molar-refractivity contribution in [2.75, 3.05) is 38.2 Å². The highest BCUT2D eigenvalue weighted by Crippen LogP contribution is 2.19. The molecule has 1 aromatic heterocycles. The zero-order valence-corrected chi connectivity index (χ0v) is 19.7. The van der Waals surface area contributed by atoms with Crippen LogP contribution in [-0.2, 0) is 13.0 Å². The summed E-state index contributed by atoms with van der Waals surface area (Å²) >= 11 is 0. The minimum absolute atomic E-state index is 0. The van der Waals surface area contributed by atoms with E-state index in [-0.39, 0.29) is 24.0 Å². The average Bonchev–Trinajstić information content (AvgIpc) is 3.27. The number of pyridine rings is 1. The molecule has 2 heterocycles. The van der Waals surface area contributed by atoms with Crippen LogP contribution in [-0.4, -0.2) is 44.2 Å². The van der Waals surface area contributed by atoms with Gasteiger partial charge in [0, 0.05) is 32.4 Å². The molecular formula is C22H32IN5O. The first-order valence-corrected chi connectivity index (χ1v) is 10.1. The second kappa shape index (κ2) is 12.5. The predicted octanol–water partition coefficient (Wildman–Crippen LogP) is 3.61. The van der Waals surface area contributed by atoms with Gasteiger partial charge in [-0.25, -0.2) is 9.98 Å². The lowest BCUT2D eigenvalue weighted by Gasteiger charge is -2.16. The largest absolute Gasteiger partial charge is 0.496 e. The zero-order chi connectivity index (χ0) is 19.6. The maximum atomic E-state index is 5.43. The molecule has 0 spiro atoms. The fourth-order valence-electron chi connectivity index (χ4n) is 3.42. The molecule has 0 atom stereocenters. The predicted molar refractivity (Wildman–Crippen MR) is 131 cm³/mol. The number of benzene rings is 1. The molecule has 1 saturated heterocycles. The van der Waals surface area contributed by atoms with Crippen LogP contribution in [0.4, 0.5) is 5.82 Å². The number of aliphatic imine (C=N–C) groups is 1. The third-order valence-electron chi connectivity index (χ3n) is 4.88. The quantitative estimate of drug-likeness (QED) is 0.324. The van der Waals surface area contributed by atoms with E-state index in [0.717, 1.165) is 50.1 Å². The van der Waals surface area contributed by atoms with Gasteiger partial charge in [0.15, 0.2) is 5.96 Å². The number of para-hydroxylation sites is 1. The molecule has 1 aliphatic rings. The van der Waals surface area contributed by atoms with Gasteiger partial charge in [0.2, 0.25) is 0 Å². The third-order valence-corrected chi connectivity index (χ3v) is 4.88. The van der Waals surface area contributed by atoms with E-state index >= 15 is 0 Å². The molecule has 0 aliphatic carbocycles. The Hall–Kier alpha value is -2.03. The van der Waals surface area contributed by atoms with Crippen molar-refractivity contribution in [2.24, 2.45) is 4.99 Å². The first kappa shape index (κ1) is 23.3. The van der Waals surface area contributed by atoms with Gasteiger partial charge in [-0.05, 0) is 55.5 Å². The number of halogens is 1. The summed E-state index contributed by atoms with van der Waals surface area (Å²) in [5.74, 6) is 2.83. The number of nitrogens with zero attached hydrogens (tertiary/aromatic N) is 3. The summed E-state index contributed by atoms with van der Waals surface area (Å²) < 4.78 is 5.43. The number of ether oxygens (including phenoxy) is 1. The first-order valence-electron chi connectivity index (χ1n) is 10.1. The van der Waals surface area contributed by atoms with Crippen molar-refractivity contribution in [2.45, 2.75) is 32.7 Å². The Kier molecular flexibility index (Phi) is 10.0. The van der Waals surface area contributed by atoms with Gasteiger partial charge in [-0.1, -0.05) is 18.2 Å². The topological polar surface area (TPSA) is 61.8 Å². The standard InChI is InChI=1S/C22H31N5O.HI/c1-3-23-22(25-13-11-19-8-4-5-9-20(19)28-2)26-17-18-10-12-24-21(16-18)27-14-6-7-15-27;/h4-5,8-10,12,16H,3,6-7,11,13-15,17H2,1-2H3,(H2,23,25,26);1H. The molecule has 0 saturated carbocycles. The summed E-state index contributed by atoms with van der Waals surface area (Å²) in [5.41, 5.74) is 2.37. The summed E-state index contributed by atoms with van der Waals surface area (Å²) in [6.45, 7) is 6.54. The Bertz CT molecular complexity index is 777. The SMILES string of the molecule is CCNC(=NCc1ccnc(N2CCCC2)c1)NCCc1ccccc1OC.I. The molecule has 2 N–H and O–H groups in total. The summed E-state index contributed by atoms with van der Waals surface area (Å²) in [6, 6.07) is 12.3. The monoisotopic (exact) mass is 509 g/mol. The van der Waals surface area contributed by atoms with Crippen molar-refractivity contribution < 1.29 is 4.74 Å². The second-order valence-corrected chi connectivity index (χ2v) is 6.90. The van der Waals surface area contributed by atoms with Crippen molar-refractivity contribution in [3.05, 3.63) is 53.7 Å². The number of nitrogens with one attached hydrogen (secondary N) is 2. The highest BCUT2D eigenvalue weighted by atomic mass is 127. The molecule has 1 aliphatic heterocycles. The summed E-state index contributed by atoms with van der Waals surface area (Å²) in [7, 11) is 1.71. The molecule has 0 radical (unpaired) electrons. The van der Waals surface area contributed by atoms with Crippen LogP contribution in [0, 0.1) is 0 Å². The minimum Gasteiger partial charge on any atom is -0.496 e. The lowest BCUT2D eigenvalue weighted by Crippen LogP contribution is -2.38. The molecule has 0 bridgehead atoms. The van der Waals surface area contributed by atoms with Gasteiger partial charge in [-0.15, -0.1) is 24.0 Å². The average molecular weight is 509 g/mol. The number of rotatable bonds is 8. The lowest BCUT2D eigenvalue weighted by molar-refractivity contribution is 0.409. The van der Waals surface area contributed by atoms with Crippen LogP contribution in [0.2, 0.25) is 0 Å². The molecule has 6 nitrogen and oxygen atoms in total. The lowest BCUT2D eigenvalue weighted by atomic mass is 10.1. The van der Waals surface area contributed by atoms with E-state index in [0.29, 0.717) is 6.54 Å². The van der Waals surface area contributed by atoms with Crippen LogP contribution in [0.25, 0.3) is 0 Å². The van der Waals surface area contributed by atoms with Crippen molar-refractivity contribution in [3.8, 4) is 5.75 Å². The van der Waals surface area contributed by atoms with Crippen LogP contribution in [0.15, 0.2) is 47.6 Å². The van der Waals surface area contributed by atoms with Crippen molar-refractivity contribution in [1.82, 2.24) is 15.6 Å². The van der Waals surface area contributed by atoms with Crippen LogP contribution in [0.1, 0.15) is 30.9 Å². The molecule has 1 fully saturated rings. The fourth-order valence-corrected chi connectivity index (χ4v) is 3.42. The van der Waals surface area contributed by atoms with E-state index in [1.54, 1.807) is 7.11 Å². The zero-order valence-electron chi connectivity index (χ0n) is 17.4. The van der Waals surface area contributed by atoms with E-state index < -0.39 is 0 Å². The number of hydrogen-bond donors (Lipinski definition) is 2. The molecule has 158 valence electrons. The second-order valence-electron chi connectivity index (χ2n) is 6.90. The Labute approximate surface area is 191 Å². The molecule has 3 rings (SSSR count). The van der Waals surface area contributed by atoms with Crippen molar-refractivity contribution in [3.63, 3.8) is 0 Å². The summed E-state index contributed by atoms with van der Waals surface area (Å²) in [4.78, 5) is 11.6. The van der Waals surface area contributed by atoms with Gasteiger partial charge < -0.3 is 20.3 Å². The number of hydrogen-bond acceptors (Lipinski definition) is 4. The van der Waals surface area contributed by atoms with E-state index in [9.17, 15) is 0 Å². The Morgan fingerprint density at radius 3 is 2.72 bits per heavy atom. The van der Waals surface area contributed by atoms with E-state index in [4.69, 9.17) is 9.73 Å². The minimum atomic E-state index is 0. The van der Waals surface area contributed by atoms with Crippen molar-refractivity contribution >= 4 is 35.8 Å². The fraction of sp³-hybridized carbons (Fsp3) is 0.455. The molecule has 0 unspecified atom stereocenters. The van der Waals surface area contributed by atoms with Crippen molar-refractivity contribution in [1.29, 1.82) is 0 Å². The maximum absolute atomic E-state index is 5.43. The van der Waals surface area contributed by atoms with Gasteiger partial charge in [-0.2, -0.15) is 0 Å². The molecule has 2 aromatic rings. The van der Waals surface area contributed by atoms with Gasteiger partial charge in [0.25, 0.3) is 0 Å². The first-order chi connectivity index (χ1) is 13.8. The van der Waals surface area contributed by atoms with Crippen LogP contribution in [0.5, 0.6) is 5.75 Å². The summed E-state index contributed by atoms with van der Waals surface area (Å²) in [5, 5.41) is 6.74. The number of methoxy groups -OCH3 is 1. The van der Waals surface area contributed by atoms with E-state index in [1.165, 1.54) is 24.0 Å². The maximum Gasteiger partial charge on any atom is 0.191 e. The summed E-state index contributed by atoms with van der Waals surface area (Å²) in [6.07, 6.45) is 5.28. The third kappa shape index (κ3) is 7.06. The van der Waals surface area contributed by atoms with Gasteiger partial charge in [-0.3, -0.25) is 0 Å². The highest BCUT2D eigenvalue weighted by Gasteiger charge is 2.13. The molecule has 7 heteroatoms. The van der Waals surface area contributed by atoms with Gasteiger partial charge >= 0.3 is 0 Å². The van der Waals surface area contributed by atoms with E-state index in [2.05, 4.69) is 39.6 Å². The molecular weight excluding hydrogens is 477 g/mol. The molecule has 1 aromatic carbocycles. The number of anilines is 1. The van der Waals surface area contributed by atoms with Crippen LogP contribution < -0.4 is 20.3 Å².